The number of thiophene rings is 1. The fraction of sp³-hybridized carbons (Fsp3) is 0.208. The molecule has 2 heterocycles. The molecule has 0 amide bonds. The molecule has 5 nitrogen and oxygen atoms in total. The lowest BCUT2D eigenvalue weighted by Gasteiger charge is -2.13. The second-order valence-corrected chi connectivity index (χ2v) is 9.06. The van der Waals surface area contributed by atoms with Crippen LogP contribution in [0.25, 0.3) is 26.7 Å². The summed E-state index contributed by atoms with van der Waals surface area (Å²) in [6.45, 7) is 3.44. The van der Waals surface area contributed by atoms with Gasteiger partial charge in [0.1, 0.15) is 17.1 Å². The van der Waals surface area contributed by atoms with E-state index in [1.165, 1.54) is 0 Å². The Morgan fingerprint density at radius 2 is 1.71 bits per heavy atom. The lowest BCUT2D eigenvalue weighted by molar-refractivity contribution is 0.0734. The Morgan fingerprint density at radius 1 is 0.968 bits per heavy atom. The highest BCUT2D eigenvalue weighted by Gasteiger charge is 2.24. The molecule has 31 heavy (non-hydrogen) atoms. The topological polar surface area (TPSA) is 56.5 Å². The van der Waals surface area contributed by atoms with Gasteiger partial charge >= 0.3 is 0 Å². The molecule has 0 fully saturated rings. The van der Waals surface area contributed by atoms with Crippen molar-refractivity contribution in [3.8, 4) is 38.2 Å². The highest BCUT2D eigenvalue weighted by atomic mass is 35.5. The number of aliphatic hydroxyl groups is 1. The fourth-order valence-electron chi connectivity index (χ4n) is 3.29. The van der Waals surface area contributed by atoms with Crippen LogP contribution in [-0.4, -0.2) is 29.1 Å². The van der Waals surface area contributed by atoms with E-state index in [1.807, 2.05) is 60.7 Å². The van der Waals surface area contributed by atoms with Gasteiger partial charge in [-0.15, -0.1) is 11.3 Å². The van der Waals surface area contributed by atoms with E-state index in [4.69, 9.17) is 21.1 Å². The predicted molar refractivity (Wildman–Crippen MR) is 126 cm³/mol. The highest BCUT2D eigenvalue weighted by Crippen LogP contribution is 2.41. The molecule has 4 aromatic rings. The average Bonchev–Trinajstić information content (AvgIpc) is 3.40. The van der Waals surface area contributed by atoms with Crippen molar-refractivity contribution in [1.82, 2.24) is 9.78 Å². The van der Waals surface area contributed by atoms with Crippen molar-refractivity contribution in [3.63, 3.8) is 0 Å². The zero-order chi connectivity index (χ0) is 22.2. The minimum atomic E-state index is -1.09. The summed E-state index contributed by atoms with van der Waals surface area (Å²) in [5, 5.41) is 15.8. The third-order valence-corrected chi connectivity index (χ3v) is 6.41. The Hall–Kier alpha value is -2.80. The van der Waals surface area contributed by atoms with Crippen molar-refractivity contribution >= 4 is 22.9 Å². The molecule has 0 radical (unpaired) electrons. The van der Waals surface area contributed by atoms with E-state index in [0.29, 0.717) is 10.7 Å². The number of para-hydroxylation sites is 1. The molecule has 4 rings (SSSR count). The lowest BCUT2D eigenvalue weighted by Crippen LogP contribution is -2.16. The molecule has 0 aliphatic rings. The Kier molecular flexibility index (Phi) is 5.79. The van der Waals surface area contributed by atoms with Gasteiger partial charge in [-0.25, -0.2) is 4.68 Å². The summed E-state index contributed by atoms with van der Waals surface area (Å²) in [6, 6.07) is 19.3. The van der Waals surface area contributed by atoms with Gasteiger partial charge in [-0.3, -0.25) is 0 Å². The maximum atomic E-state index is 10.6. The number of hydrogen-bond acceptors (Lipinski definition) is 5. The van der Waals surface area contributed by atoms with E-state index < -0.39 is 5.60 Å². The van der Waals surface area contributed by atoms with Crippen LogP contribution in [0.15, 0.2) is 60.7 Å². The summed E-state index contributed by atoms with van der Waals surface area (Å²) < 4.78 is 12.7. The monoisotopic (exact) mass is 454 g/mol. The van der Waals surface area contributed by atoms with Crippen molar-refractivity contribution in [3.05, 3.63) is 71.4 Å². The first-order valence-electron chi connectivity index (χ1n) is 9.72. The molecule has 0 unspecified atom stereocenters. The lowest BCUT2D eigenvalue weighted by atomic mass is 10.1. The fourth-order valence-corrected chi connectivity index (χ4v) is 4.53. The Balaban J connectivity index is 1.86. The average molecular weight is 455 g/mol. The van der Waals surface area contributed by atoms with E-state index in [1.54, 1.807) is 44.1 Å². The van der Waals surface area contributed by atoms with E-state index in [-0.39, 0.29) is 0 Å². The van der Waals surface area contributed by atoms with Gasteiger partial charge in [0.25, 0.3) is 0 Å². The number of ether oxygens (including phenoxy) is 2. The number of nitrogens with zero attached hydrogens (tertiary/aromatic N) is 2. The standard InChI is InChI=1S/C24H23ClN2O3S/c1-24(2,28)23-14-19(27(26-23)18-8-6-5-7-17(18)25)22-12-11-21(31-22)16-13-15(29-3)9-10-20(16)30-4/h5-14,28H,1-4H3. The number of benzene rings is 2. The van der Waals surface area contributed by atoms with Gasteiger partial charge in [-0.2, -0.15) is 5.10 Å². The van der Waals surface area contributed by atoms with Crippen LogP contribution >= 0.6 is 22.9 Å². The SMILES string of the molecule is COc1ccc(OC)c(-c2ccc(-c3cc(C(C)(C)O)nn3-c3ccccc3Cl)s2)c1. The van der Waals surface area contributed by atoms with Gasteiger partial charge in [0.2, 0.25) is 0 Å². The summed E-state index contributed by atoms with van der Waals surface area (Å²) in [7, 11) is 3.30. The number of rotatable bonds is 6. The quantitative estimate of drug-likeness (QED) is 0.378. The zero-order valence-corrected chi connectivity index (χ0v) is 19.3. The molecule has 0 atom stereocenters. The summed E-state index contributed by atoms with van der Waals surface area (Å²) in [5.74, 6) is 1.53. The van der Waals surface area contributed by atoms with Crippen molar-refractivity contribution in [1.29, 1.82) is 0 Å². The van der Waals surface area contributed by atoms with Crippen molar-refractivity contribution < 1.29 is 14.6 Å². The van der Waals surface area contributed by atoms with Gasteiger partial charge in [0, 0.05) is 10.4 Å². The third kappa shape index (κ3) is 4.19. The van der Waals surface area contributed by atoms with Crippen molar-refractivity contribution in [2.45, 2.75) is 19.4 Å². The molecule has 1 N–H and O–H groups in total. The van der Waals surface area contributed by atoms with E-state index >= 15 is 0 Å². The van der Waals surface area contributed by atoms with Crippen LogP contribution in [0.4, 0.5) is 0 Å². The predicted octanol–water partition coefficient (Wildman–Crippen LogP) is 6.17. The van der Waals surface area contributed by atoms with Gasteiger partial charge in [0.15, 0.2) is 0 Å². The molecule has 0 bridgehead atoms. The molecule has 0 aliphatic heterocycles. The van der Waals surface area contributed by atoms with Crippen LogP contribution in [-0.2, 0) is 5.60 Å². The van der Waals surface area contributed by atoms with Gasteiger partial charge in [0.05, 0.1) is 41.2 Å². The van der Waals surface area contributed by atoms with Crippen LogP contribution in [0.3, 0.4) is 0 Å². The van der Waals surface area contributed by atoms with Gasteiger partial charge in [-0.1, -0.05) is 23.7 Å². The van der Waals surface area contributed by atoms with Crippen LogP contribution in [0, 0.1) is 0 Å². The molecule has 2 aromatic heterocycles. The second kappa shape index (κ2) is 8.38. The molecule has 160 valence electrons. The normalized spacial score (nSPS) is 11.5. The maximum absolute atomic E-state index is 10.6. The first kappa shape index (κ1) is 21.4. The van der Waals surface area contributed by atoms with E-state index in [9.17, 15) is 5.11 Å². The second-order valence-electron chi connectivity index (χ2n) is 7.57. The summed E-state index contributed by atoms with van der Waals surface area (Å²) in [4.78, 5) is 2.02. The van der Waals surface area contributed by atoms with Crippen molar-refractivity contribution in [2.75, 3.05) is 14.2 Å². The summed E-state index contributed by atoms with van der Waals surface area (Å²) in [5.41, 5.74) is 2.03. The highest BCUT2D eigenvalue weighted by molar-refractivity contribution is 7.18. The Morgan fingerprint density at radius 3 is 2.39 bits per heavy atom. The molecule has 0 saturated carbocycles. The summed E-state index contributed by atoms with van der Waals surface area (Å²) in [6.07, 6.45) is 0. The number of methoxy groups -OCH3 is 2. The van der Waals surface area contributed by atoms with Gasteiger partial charge in [-0.05, 0) is 62.4 Å². The smallest absolute Gasteiger partial charge is 0.127 e. The number of hydrogen-bond donors (Lipinski definition) is 1. The van der Waals surface area contributed by atoms with Crippen molar-refractivity contribution in [2.24, 2.45) is 0 Å². The van der Waals surface area contributed by atoms with Crippen LogP contribution in [0.1, 0.15) is 19.5 Å². The molecule has 2 aromatic carbocycles. The Labute approximate surface area is 190 Å². The first-order chi connectivity index (χ1) is 14.8. The van der Waals surface area contributed by atoms with Gasteiger partial charge < -0.3 is 14.6 Å². The van der Waals surface area contributed by atoms with E-state index in [2.05, 4.69) is 5.10 Å². The minimum Gasteiger partial charge on any atom is -0.497 e. The zero-order valence-electron chi connectivity index (χ0n) is 17.7. The Bertz CT molecular complexity index is 1220. The van der Waals surface area contributed by atoms with Crippen LogP contribution in [0.5, 0.6) is 11.5 Å². The largest absolute Gasteiger partial charge is 0.497 e. The molecule has 7 heteroatoms. The van der Waals surface area contributed by atoms with Crippen LogP contribution < -0.4 is 9.47 Å². The molecule has 0 aliphatic carbocycles. The maximum Gasteiger partial charge on any atom is 0.127 e. The van der Waals surface area contributed by atoms with Crippen LogP contribution in [0.2, 0.25) is 5.02 Å². The number of aromatic nitrogens is 2. The summed E-state index contributed by atoms with van der Waals surface area (Å²) >= 11 is 8.07. The molecule has 0 saturated heterocycles. The third-order valence-electron chi connectivity index (χ3n) is 4.95. The van der Waals surface area contributed by atoms with E-state index in [0.717, 1.165) is 38.2 Å². The number of halogens is 1. The molecular weight excluding hydrogens is 432 g/mol. The first-order valence-corrected chi connectivity index (χ1v) is 10.9. The molecular formula is C24H23ClN2O3S. The minimum absolute atomic E-state index is 0.566. The molecule has 0 spiro atoms.